The number of Topliss-reactive ketones (excluding diaryl/α,β-unsaturated/α-hetero) is 1. The van der Waals surface area contributed by atoms with Crippen LogP contribution in [0.4, 0.5) is 11.4 Å². The van der Waals surface area contributed by atoms with Gasteiger partial charge in [-0.05, 0) is 36.1 Å². The number of ether oxygens (including phenoxy) is 2. The molecule has 3 heterocycles. The molecule has 5 rings (SSSR count). The van der Waals surface area contributed by atoms with Gasteiger partial charge >= 0.3 is 0 Å². The first-order valence-corrected chi connectivity index (χ1v) is 10.3. The highest BCUT2D eigenvalue weighted by Gasteiger charge is 2.35. The molecule has 2 aromatic heterocycles. The number of rotatable bonds is 4. The number of anilines is 2. The molecule has 6 heteroatoms. The third-order valence-corrected chi connectivity index (χ3v) is 5.67. The van der Waals surface area contributed by atoms with Crippen LogP contribution < -0.4 is 5.32 Å². The second-order valence-electron chi connectivity index (χ2n) is 8.73. The molecule has 154 valence electrons. The zero-order valence-corrected chi connectivity index (χ0v) is 17.2. The van der Waals surface area contributed by atoms with Gasteiger partial charge in [-0.3, -0.25) is 9.78 Å². The number of nitrogens with one attached hydrogen (secondary N) is 2. The summed E-state index contributed by atoms with van der Waals surface area (Å²) in [6.07, 6.45) is 4.55. The van der Waals surface area contributed by atoms with E-state index in [0.29, 0.717) is 19.6 Å². The normalized spacial score (nSPS) is 18.4. The minimum Gasteiger partial charge on any atom is -0.356 e. The Hall–Kier alpha value is -2.96. The third-order valence-electron chi connectivity index (χ3n) is 5.67. The number of carbonyl (C=O) groups excluding carboxylic acids is 1. The van der Waals surface area contributed by atoms with Crippen molar-refractivity contribution >= 4 is 17.2 Å². The number of H-pyrrole nitrogens is 1. The van der Waals surface area contributed by atoms with E-state index in [4.69, 9.17) is 9.47 Å². The van der Waals surface area contributed by atoms with Crippen LogP contribution >= 0.6 is 0 Å². The van der Waals surface area contributed by atoms with Crippen molar-refractivity contribution in [3.8, 4) is 11.3 Å². The maximum absolute atomic E-state index is 13.1. The predicted octanol–water partition coefficient (Wildman–Crippen LogP) is 5.02. The molecule has 6 nitrogen and oxygen atoms in total. The molecule has 0 atom stereocenters. The molecular weight excluding hydrogens is 378 g/mol. The molecule has 1 aliphatic heterocycles. The molecule has 0 bridgehead atoms. The summed E-state index contributed by atoms with van der Waals surface area (Å²) in [5.74, 6) is 0.166. The van der Waals surface area contributed by atoms with Crippen molar-refractivity contribution in [1.29, 1.82) is 0 Å². The lowest BCUT2D eigenvalue weighted by Gasteiger charge is -2.28. The fraction of sp³-hybridized carbons (Fsp3) is 0.333. The summed E-state index contributed by atoms with van der Waals surface area (Å²) in [7, 11) is 0. The summed E-state index contributed by atoms with van der Waals surface area (Å²) in [6.45, 7) is 5.48. The van der Waals surface area contributed by atoms with Crippen molar-refractivity contribution in [2.45, 2.75) is 33.0 Å². The standard InChI is InChI=1S/C24H25N3O3/c1-24(2)13-18-20(19(28)14-24)22(21(27-18)15-6-8-25-9-7-15)26-17-5-3-4-16(12-17)23-29-10-11-30-23/h3-9,12,23,26-27H,10-11,13-14H2,1-2H3. The molecule has 30 heavy (non-hydrogen) atoms. The molecule has 0 radical (unpaired) electrons. The topological polar surface area (TPSA) is 76.2 Å². The summed E-state index contributed by atoms with van der Waals surface area (Å²) in [5, 5.41) is 3.52. The Labute approximate surface area is 175 Å². The number of aromatic amines is 1. The van der Waals surface area contributed by atoms with Crippen molar-refractivity contribution in [3.05, 3.63) is 65.6 Å². The molecule has 1 saturated heterocycles. The SMILES string of the molecule is CC1(C)CC(=O)c2c([nH]c(-c3ccncc3)c2Nc2cccc(C3OCCO3)c2)C1. The zero-order chi connectivity index (χ0) is 20.7. The number of aromatic nitrogens is 2. The number of benzene rings is 1. The Morgan fingerprint density at radius 2 is 1.87 bits per heavy atom. The van der Waals surface area contributed by atoms with Crippen molar-refractivity contribution in [1.82, 2.24) is 9.97 Å². The van der Waals surface area contributed by atoms with Crippen LogP contribution in [0.3, 0.4) is 0 Å². The summed E-state index contributed by atoms with van der Waals surface area (Å²) < 4.78 is 11.3. The number of nitrogens with zero attached hydrogens (tertiary/aromatic N) is 1. The third kappa shape index (κ3) is 3.53. The summed E-state index contributed by atoms with van der Waals surface area (Å²) >= 11 is 0. The number of hydrogen-bond acceptors (Lipinski definition) is 5. The highest BCUT2D eigenvalue weighted by Crippen LogP contribution is 2.43. The van der Waals surface area contributed by atoms with Crippen molar-refractivity contribution in [3.63, 3.8) is 0 Å². The zero-order valence-electron chi connectivity index (χ0n) is 17.2. The molecule has 1 aromatic carbocycles. The lowest BCUT2D eigenvalue weighted by atomic mass is 9.76. The molecule has 0 spiro atoms. The largest absolute Gasteiger partial charge is 0.356 e. The van der Waals surface area contributed by atoms with E-state index in [0.717, 1.165) is 45.9 Å². The van der Waals surface area contributed by atoms with E-state index in [9.17, 15) is 4.79 Å². The molecule has 3 aromatic rings. The van der Waals surface area contributed by atoms with Gasteiger partial charge in [0.1, 0.15) is 0 Å². The molecule has 2 aliphatic rings. The second kappa shape index (κ2) is 7.38. The van der Waals surface area contributed by atoms with E-state index in [1.807, 2.05) is 36.4 Å². The number of hydrogen-bond donors (Lipinski definition) is 2. The van der Waals surface area contributed by atoms with Crippen LogP contribution in [0.15, 0.2) is 48.8 Å². The van der Waals surface area contributed by atoms with Gasteiger partial charge in [0.2, 0.25) is 0 Å². The number of pyridine rings is 1. The monoisotopic (exact) mass is 403 g/mol. The molecule has 0 amide bonds. The first-order chi connectivity index (χ1) is 14.5. The van der Waals surface area contributed by atoms with Gasteiger partial charge < -0.3 is 19.8 Å². The van der Waals surface area contributed by atoms with Gasteiger partial charge in [-0.1, -0.05) is 26.0 Å². The minimum atomic E-state index is -0.339. The van der Waals surface area contributed by atoms with Gasteiger partial charge in [0.15, 0.2) is 12.1 Å². The van der Waals surface area contributed by atoms with Crippen LogP contribution in [-0.4, -0.2) is 29.0 Å². The first kappa shape index (κ1) is 19.0. The maximum atomic E-state index is 13.1. The van der Waals surface area contributed by atoms with Crippen molar-refractivity contribution < 1.29 is 14.3 Å². The highest BCUT2D eigenvalue weighted by molar-refractivity contribution is 6.07. The van der Waals surface area contributed by atoms with Crippen molar-refractivity contribution in [2.75, 3.05) is 18.5 Å². The van der Waals surface area contributed by atoms with Crippen molar-refractivity contribution in [2.24, 2.45) is 5.41 Å². The smallest absolute Gasteiger partial charge is 0.184 e. The highest BCUT2D eigenvalue weighted by atomic mass is 16.7. The quantitative estimate of drug-likeness (QED) is 0.640. The van der Waals surface area contributed by atoms with Crippen LogP contribution in [0.5, 0.6) is 0 Å². The van der Waals surface area contributed by atoms with E-state index in [1.54, 1.807) is 12.4 Å². The summed E-state index contributed by atoms with van der Waals surface area (Å²) in [6, 6.07) is 11.9. The van der Waals surface area contributed by atoms with E-state index in [1.165, 1.54) is 0 Å². The maximum Gasteiger partial charge on any atom is 0.184 e. The number of carbonyl (C=O) groups is 1. The molecule has 0 unspecified atom stereocenters. The lowest BCUT2D eigenvalue weighted by Crippen LogP contribution is -2.26. The van der Waals surface area contributed by atoms with Crippen LogP contribution in [0.1, 0.15) is 48.2 Å². The second-order valence-corrected chi connectivity index (χ2v) is 8.73. The van der Waals surface area contributed by atoms with E-state index in [2.05, 4.69) is 29.1 Å². The van der Waals surface area contributed by atoms with E-state index >= 15 is 0 Å². The van der Waals surface area contributed by atoms with Crippen LogP contribution in [0.2, 0.25) is 0 Å². The summed E-state index contributed by atoms with van der Waals surface area (Å²) in [5.41, 5.74) is 6.27. The summed E-state index contributed by atoms with van der Waals surface area (Å²) in [4.78, 5) is 20.8. The van der Waals surface area contributed by atoms with E-state index < -0.39 is 0 Å². The lowest BCUT2D eigenvalue weighted by molar-refractivity contribution is -0.0440. The Balaban J connectivity index is 1.58. The molecule has 1 aliphatic carbocycles. The Morgan fingerprint density at radius 1 is 1.10 bits per heavy atom. The average molecular weight is 403 g/mol. The van der Waals surface area contributed by atoms with Gasteiger partial charge in [-0.25, -0.2) is 0 Å². The Kier molecular flexibility index (Phi) is 4.68. The number of ketones is 1. The Bertz CT molecular complexity index is 1080. The Morgan fingerprint density at radius 3 is 2.63 bits per heavy atom. The fourth-order valence-corrected chi connectivity index (χ4v) is 4.37. The molecule has 2 N–H and O–H groups in total. The minimum absolute atomic E-state index is 0.0568. The fourth-order valence-electron chi connectivity index (χ4n) is 4.37. The predicted molar refractivity (Wildman–Crippen MR) is 115 cm³/mol. The van der Waals surface area contributed by atoms with Crippen LogP contribution in [0.25, 0.3) is 11.3 Å². The van der Waals surface area contributed by atoms with Crippen LogP contribution in [0, 0.1) is 5.41 Å². The first-order valence-electron chi connectivity index (χ1n) is 10.3. The van der Waals surface area contributed by atoms with Gasteiger partial charge in [0, 0.05) is 41.3 Å². The molecular formula is C24H25N3O3. The van der Waals surface area contributed by atoms with Crippen LogP contribution in [-0.2, 0) is 15.9 Å². The molecule has 0 saturated carbocycles. The number of fused-ring (bicyclic) bond motifs is 1. The van der Waals surface area contributed by atoms with E-state index in [-0.39, 0.29) is 17.5 Å². The van der Waals surface area contributed by atoms with Gasteiger partial charge in [-0.2, -0.15) is 0 Å². The van der Waals surface area contributed by atoms with Gasteiger partial charge in [0.25, 0.3) is 0 Å². The average Bonchev–Trinajstić information content (AvgIpc) is 3.37. The van der Waals surface area contributed by atoms with Gasteiger partial charge in [-0.15, -0.1) is 0 Å². The molecule has 1 fully saturated rings. The van der Waals surface area contributed by atoms with Gasteiger partial charge in [0.05, 0.1) is 30.2 Å².